The quantitative estimate of drug-likeness (QED) is 0.566. The fourth-order valence-corrected chi connectivity index (χ4v) is 3.19. The SMILES string of the molecule is CN(C)S(=O)(=O)N1CCC2(C1)NC(=O)NC2=O. The van der Waals surface area contributed by atoms with Gasteiger partial charge in [0.05, 0.1) is 0 Å². The van der Waals surface area contributed by atoms with Crippen molar-refractivity contribution in [2.45, 2.75) is 12.0 Å². The van der Waals surface area contributed by atoms with E-state index in [0.29, 0.717) is 0 Å². The number of amides is 3. The van der Waals surface area contributed by atoms with E-state index in [9.17, 15) is 18.0 Å². The van der Waals surface area contributed by atoms with Gasteiger partial charge in [-0.25, -0.2) is 4.79 Å². The molecule has 3 amide bonds. The van der Waals surface area contributed by atoms with Gasteiger partial charge in [-0.1, -0.05) is 0 Å². The number of hydrogen-bond donors (Lipinski definition) is 2. The Balaban J connectivity index is 2.21. The average molecular weight is 262 g/mol. The normalized spacial score (nSPS) is 30.1. The summed E-state index contributed by atoms with van der Waals surface area (Å²) in [6.45, 7) is 0.194. The van der Waals surface area contributed by atoms with Crippen LogP contribution in [0.25, 0.3) is 0 Å². The summed E-state index contributed by atoms with van der Waals surface area (Å²) in [5.74, 6) is -0.459. The first-order valence-electron chi connectivity index (χ1n) is 5.09. The van der Waals surface area contributed by atoms with Crippen molar-refractivity contribution >= 4 is 22.1 Å². The second-order valence-electron chi connectivity index (χ2n) is 4.36. The van der Waals surface area contributed by atoms with Gasteiger partial charge in [0, 0.05) is 27.2 Å². The summed E-state index contributed by atoms with van der Waals surface area (Å²) in [5, 5.41) is 4.62. The summed E-state index contributed by atoms with van der Waals surface area (Å²) in [6.07, 6.45) is 0.289. The maximum Gasteiger partial charge on any atom is 0.322 e. The van der Waals surface area contributed by atoms with Crippen LogP contribution < -0.4 is 10.6 Å². The summed E-state index contributed by atoms with van der Waals surface area (Å²) in [4.78, 5) is 22.7. The van der Waals surface area contributed by atoms with Crippen molar-refractivity contribution in [1.29, 1.82) is 0 Å². The molecule has 9 heteroatoms. The molecule has 0 radical (unpaired) electrons. The zero-order chi connectivity index (χ0) is 12.8. The van der Waals surface area contributed by atoms with Gasteiger partial charge in [-0.15, -0.1) is 0 Å². The molecule has 2 saturated heterocycles. The van der Waals surface area contributed by atoms with Crippen LogP contribution in [0.15, 0.2) is 0 Å². The van der Waals surface area contributed by atoms with E-state index >= 15 is 0 Å². The zero-order valence-electron chi connectivity index (χ0n) is 9.56. The number of urea groups is 1. The highest BCUT2D eigenvalue weighted by Crippen LogP contribution is 2.27. The number of carbonyl (C=O) groups excluding carboxylic acids is 2. The molecule has 96 valence electrons. The maximum atomic E-state index is 11.9. The van der Waals surface area contributed by atoms with Gasteiger partial charge in [0.2, 0.25) is 0 Å². The molecule has 2 aliphatic heterocycles. The van der Waals surface area contributed by atoms with E-state index in [1.54, 1.807) is 0 Å². The minimum atomic E-state index is -3.55. The van der Waals surface area contributed by atoms with E-state index in [2.05, 4.69) is 10.6 Å². The second-order valence-corrected chi connectivity index (χ2v) is 6.51. The van der Waals surface area contributed by atoms with Crippen LogP contribution in [0.3, 0.4) is 0 Å². The molecule has 2 heterocycles. The van der Waals surface area contributed by atoms with Crippen molar-refractivity contribution in [2.75, 3.05) is 27.2 Å². The molecule has 1 unspecified atom stereocenters. The van der Waals surface area contributed by atoms with Gasteiger partial charge < -0.3 is 5.32 Å². The molecule has 0 bridgehead atoms. The van der Waals surface area contributed by atoms with Crippen LogP contribution in [-0.2, 0) is 15.0 Å². The van der Waals surface area contributed by atoms with Crippen molar-refractivity contribution in [3.05, 3.63) is 0 Å². The molecule has 0 saturated carbocycles. The maximum absolute atomic E-state index is 11.9. The predicted octanol–water partition coefficient (Wildman–Crippen LogP) is -1.92. The molecule has 0 aromatic carbocycles. The van der Waals surface area contributed by atoms with E-state index in [1.165, 1.54) is 18.4 Å². The molecule has 17 heavy (non-hydrogen) atoms. The lowest BCUT2D eigenvalue weighted by Crippen LogP contribution is -2.50. The number of nitrogens with zero attached hydrogens (tertiary/aromatic N) is 2. The van der Waals surface area contributed by atoms with Crippen LogP contribution >= 0.6 is 0 Å². The second kappa shape index (κ2) is 3.65. The van der Waals surface area contributed by atoms with Gasteiger partial charge in [0.1, 0.15) is 5.54 Å². The molecule has 0 aromatic rings. The standard InChI is InChI=1S/C8H14N4O4S/c1-11(2)17(15,16)12-4-3-8(5-12)6(13)9-7(14)10-8/h3-5H2,1-2H3,(H2,9,10,13,14). The lowest BCUT2D eigenvalue weighted by atomic mass is 10.00. The third-order valence-electron chi connectivity index (χ3n) is 3.04. The molecule has 0 aliphatic carbocycles. The molecule has 2 fully saturated rings. The molecule has 1 spiro atoms. The van der Waals surface area contributed by atoms with E-state index in [0.717, 1.165) is 4.31 Å². The Bertz CT molecular complexity index is 474. The highest BCUT2D eigenvalue weighted by Gasteiger charge is 2.53. The van der Waals surface area contributed by atoms with Crippen molar-refractivity contribution in [3.8, 4) is 0 Å². The topological polar surface area (TPSA) is 98.8 Å². The number of carbonyl (C=O) groups is 2. The Morgan fingerprint density at radius 2 is 2.00 bits per heavy atom. The molecular formula is C8H14N4O4S. The van der Waals surface area contributed by atoms with E-state index in [1.807, 2.05) is 0 Å². The van der Waals surface area contributed by atoms with Gasteiger partial charge in [0.15, 0.2) is 0 Å². The lowest BCUT2D eigenvalue weighted by molar-refractivity contribution is -0.123. The Kier molecular flexibility index (Phi) is 2.64. The predicted molar refractivity (Wildman–Crippen MR) is 58.2 cm³/mol. The number of nitrogens with one attached hydrogen (secondary N) is 2. The lowest BCUT2D eigenvalue weighted by Gasteiger charge is -2.23. The monoisotopic (exact) mass is 262 g/mol. The Morgan fingerprint density at radius 1 is 1.35 bits per heavy atom. The van der Waals surface area contributed by atoms with Crippen LogP contribution in [-0.4, -0.2) is 61.7 Å². The number of rotatable bonds is 2. The van der Waals surface area contributed by atoms with Crippen molar-refractivity contribution in [2.24, 2.45) is 0 Å². The molecular weight excluding hydrogens is 248 g/mol. The van der Waals surface area contributed by atoms with Gasteiger partial charge >= 0.3 is 6.03 Å². The van der Waals surface area contributed by atoms with Crippen molar-refractivity contribution in [3.63, 3.8) is 0 Å². The zero-order valence-corrected chi connectivity index (χ0v) is 10.4. The summed E-state index contributed by atoms with van der Waals surface area (Å²) >= 11 is 0. The number of imide groups is 1. The summed E-state index contributed by atoms with van der Waals surface area (Å²) in [6, 6.07) is -0.570. The fourth-order valence-electron chi connectivity index (χ4n) is 2.02. The van der Waals surface area contributed by atoms with Crippen molar-refractivity contribution in [1.82, 2.24) is 19.2 Å². The third kappa shape index (κ3) is 1.79. The van der Waals surface area contributed by atoms with Crippen molar-refractivity contribution < 1.29 is 18.0 Å². The molecule has 8 nitrogen and oxygen atoms in total. The Morgan fingerprint density at radius 3 is 2.47 bits per heavy atom. The highest BCUT2D eigenvalue weighted by molar-refractivity contribution is 7.86. The van der Waals surface area contributed by atoms with Gasteiger partial charge in [-0.05, 0) is 6.42 Å². The largest absolute Gasteiger partial charge is 0.322 e. The first kappa shape index (κ1) is 12.3. The van der Waals surface area contributed by atoms with Gasteiger partial charge in [-0.2, -0.15) is 17.0 Å². The van der Waals surface area contributed by atoms with E-state index in [-0.39, 0.29) is 19.5 Å². The van der Waals surface area contributed by atoms with Crippen LogP contribution in [0.4, 0.5) is 4.79 Å². The molecule has 2 rings (SSSR count). The first-order chi connectivity index (χ1) is 7.78. The Labute approximate surface area is 99.1 Å². The van der Waals surface area contributed by atoms with Crippen LogP contribution in [0, 0.1) is 0 Å². The Hall–Kier alpha value is -1.19. The molecule has 2 N–H and O–H groups in total. The number of hydrogen-bond acceptors (Lipinski definition) is 4. The fraction of sp³-hybridized carbons (Fsp3) is 0.750. The van der Waals surface area contributed by atoms with Gasteiger partial charge in [0.25, 0.3) is 16.1 Å². The third-order valence-corrected chi connectivity index (χ3v) is 4.92. The van der Waals surface area contributed by atoms with Crippen LogP contribution in [0.5, 0.6) is 0 Å². The van der Waals surface area contributed by atoms with E-state index in [4.69, 9.17) is 0 Å². The molecule has 1 atom stereocenters. The van der Waals surface area contributed by atoms with Crippen LogP contribution in [0.1, 0.15) is 6.42 Å². The average Bonchev–Trinajstić information content (AvgIpc) is 2.73. The van der Waals surface area contributed by atoms with Crippen LogP contribution in [0.2, 0.25) is 0 Å². The van der Waals surface area contributed by atoms with E-state index < -0.39 is 27.7 Å². The first-order valence-corrected chi connectivity index (χ1v) is 6.49. The summed E-state index contributed by atoms with van der Waals surface area (Å²) in [7, 11) is -0.697. The minimum Gasteiger partial charge on any atom is -0.322 e. The minimum absolute atomic E-state index is 0.0227. The van der Waals surface area contributed by atoms with Gasteiger partial charge in [-0.3, -0.25) is 10.1 Å². The summed E-state index contributed by atoms with van der Waals surface area (Å²) in [5.41, 5.74) is -1.10. The molecule has 0 aromatic heterocycles. The highest BCUT2D eigenvalue weighted by atomic mass is 32.2. The summed E-state index contributed by atoms with van der Waals surface area (Å²) < 4.78 is 26.0. The molecule has 2 aliphatic rings. The smallest absolute Gasteiger partial charge is 0.322 e.